The number of rotatable bonds is 3. The Bertz CT molecular complexity index is 1420. The van der Waals surface area contributed by atoms with Crippen molar-refractivity contribution in [1.82, 2.24) is 0 Å². The van der Waals surface area contributed by atoms with Crippen molar-refractivity contribution in [2.75, 3.05) is 5.75 Å². The van der Waals surface area contributed by atoms with Gasteiger partial charge in [-0.05, 0) is 102 Å². The average molecular weight is 588 g/mol. The lowest BCUT2D eigenvalue weighted by Crippen LogP contribution is -2.69. The molecule has 0 spiro atoms. The van der Waals surface area contributed by atoms with Gasteiger partial charge in [0, 0.05) is 28.4 Å². The molecule has 0 aromatic heterocycles. The summed E-state index contributed by atoms with van der Waals surface area (Å²) in [7, 11) is -1.10. The summed E-state index contributed by atoms with van der Waals surface area (Å²) in [5, 5.41) is 9.98. The van der Waals surface area contributed by atoms with E-state index in [0.29, 0.717) is 18.0 Å². The first-order chi connectivity index (χ1) is 19.5. The van der Waals surface area contributed by atoms with Crippen LogP contribution in [0.2, 0.25) is 0 Å². The lowest BCUT2D eigenvalue weighted by molar-refractivity contribution is -0.220. The lowest BCUT2D eigenvalue weighted by atomic mass is 9.31. The van der Waals surface area contributed by atoms with E-state index in [1.807, 2.05) is 50.3 Å². The number of fused-ring (bicyclic) bond motifs is 7. The van der Waals surface area contributed by atoms with Crippen LogP contribution in [0.4, 0.5) is 0 Å². The summed E-state index contributed by atoms with van der Waals surface area (Å²) in [6.07, 6.45) is 9.57. The number of carbonyl (C=O) groups excluding carboxylic acids is 2. The van der Waals surface area contributed by atoms with E-state index < -0.39 is 16.2 Å². The SMILES string of the molecule is CC1(C)CCC2(CS(=O)c3ccccc3)CCC3(C)C(C(=O)CC4C5(C)C=C(C#N)C(=O)C(C)(C)C5CCC43C)C2C1. The Balaban J connectivity index is 1.43. The van der Waals surface area contributed by atoms with Crippen molar-refractivity contribution in [2.45, 2.75) is 105 Å². The molecule has 9 atom stereocenters. The number of carbonyl (C=O) groups is 2. The molecule has 4 nitrogen and oxygen atoms in total. The molecular formula is C37H49NO3S. The molecule has 0 heterocycles. The van der Waals surface area contributed by atoms with Crippen molar-refractivity contribution >= 4 is 22.4 Å². The Morgan fingerprint density at radius 3 is 2.21 bits per heavy atom. The molecule has 6 rings (SSSR count). The summed E-state index contributed by atoms with van der Waals surface area (Å²) in [6, 6.07) is 12.1. The van der Waals surface area contributed by atoms with E-state index in [1.54, 1.807) is 0 Å². The normalized spacial score (nSPS) is 44.4. The second-order valence-electron chi connectivity index (χ2n) is 16.9. The van der Waals surface area contributed by atoms with Gasteiger partial charge in [0.05, 0.1) is 16.4 Å². The lowest BCUT2D eigenvalue weighted by Gasteiger charge is -2.72. The average Bonchev–Trinajstić information content (AvgIpc) is 2.93. The highest BCUT2D eigenvalue weighted by molar-refractivity contribution is 7.85. The molecule has 1 aromatic rings. The zero-order valence-corrected chi connectivity index (χ0v) is 27.5. The summed E-state index contributed by atoms with van der Waals surface area (Å²) >= 11 is 0. The molecule has 42 heavy (non-hydrogen) atoms. The van der Waals surface area contributed by atoms with E-state index in [0.717, 1.165) is 49.8 Å². The molecule has 0 N–H and O–H groups in total. The molecule has 0 radical (unpaired) electrons. The number of hydrogen-bond donors (Lipinski definition) is 0. The zero-order chi connectivity index (χ0) is 30.5. The molecule has 5 heteroatoms. The summed E-state index contributed by atoms with van der Waals surface area (Å²) in [6.45, 7) is 15.9. The van der Waals surface area contributed by atoms with Gasteiger partial charge in [-0.2, -0.15) is 5.26 Å². The van der Waals surface area contributed by atoms with E-state index in [4.69, 9.17) is 0 Å². The first-order valence-electron chi connectivity index (χ1n) is 16.2. The molecule has 226 valence electrons. The topological polar surface area (TPSA) is 75.0 Å². The summed E-state index contributed by atoms with van der Waals surface area (Å²) in [5.41, 5.74) is -0.919. The molecule has 4 saturated carbocycles. The standard InChI is InChI=1S/C37H49NO3S/c1-32(2)15-17-37(23-42(41)25-11-9-8-10-12-25)18-16-36(7)30(26(37)21-32)27(39)19-29-34(5)20-24(22-38)31(40)33(3,4)28(34)13-14-35(29,36)6/h8-12,20,26,28-30H,13-19,21,23H2,1-7H3. The monoisotopic (exact) mass is 587 g/mol. The van der Waals surface area contributed by atoms with Crippen molar-refractivity contribution in [3.63, 3.8) is 0 Å². The molecular weight excluding hydrogens is 538 g/mol. The maximum Gasteiger partial charge on any atom is 0.178 e. The predicted octanol–water partition coefficient (Wildman–Crippen LogP) is 8.09. The number of allylic oxidation sites excluding steroid dienone is 2. The van der Waals surface area contributed by atoms with Gasteiger partial charge in [-0.25, -0.2) is 0 Å². The second-order valence-corrected chi connectivity index (χ2v) is 18.3. The summed E-state index contributed by atoms with van der Waals surface area (Å²) in [4.78, 5) is 29.0. The second kappa shape index (κ2) is 9.47. The minimum absolute atomic E-state index is 0.0411. The third-order valence-corrected chi connectivity index (χ3v) is 15.7. The van der Waals surface area contributed by atoms with E-state index in [1.165, 1.54) is 0 Å². The fraction of sp³-hybridized carbons (Fsp3) is 0.703. The minimum atomic E-state index is -1.10. The molecule has 0 bridgehead atoms. The van der Waals surface area contributed by atoms with Crippen LogP contribution in [0, 0.1) is 67.5 Å². The van der Waals surface area contributed by atoms with Gasteiger partial charge in [-0.1, -0.05) is 72.7 Å². The van der Waals surface area contributed by atoms with Gasteiger partial charge < -0.3 is 0 Å². The molecule has 0 aliphatic heterocycles. The number of ketones is 2. The van der Waals surface area contributed by atoms with Gasteiger partial charge in [-0.15, -0.1) is 0 Å². The van der Waals surface area contributed by atoms with Crippen LogP contribution in [0.1, 0.15) is 99.8 Å². The van der Waals surface area contributed by atoms with Crippen LogP contribution in [0.15, 0.2) is 46.9 Å². The number of benzene rings is 1. The Morgan fingerprint density at radius 2 is 1.55 bits per heavy atom. The molecule has 9 unspecified atom stereocenters. The van der Waals surface area contributed by atoms with Crippen molar-refractivity contribution in [2.24, 2.45) is 56.2 Å². The van der Waals surface area contributed by atoms with Crippen molar-refractivity contribution < 1.29 is 13.8 Å². The van der Waals surface area contributed by atoms with Gasteiger partial charge in [0.1, 0.15) is 11.9 Å². The maximum absolute atomic E-state index is 14.8. The maximum atomic E-state index is 14.8. The Labute approximate surface area is 255 Å². The fourth-order valence-corrected chi connectivity index (χ4v) is 13.2. The van der Waals surface area contributed by atoms with Gasteiger partial charge in [-0.3, -0.25) is 13.8 Å². The smallest absolute Gasteiger partial charge is 0.178 e. The molecule has 5 aliphatic carbocycles. The number of hydrogen-bond acceptors (Lipinski definition) is 4. The van der Waals surface area contributed by atoms with Crippen LogP contribution in [0.25, 0.3) is 0 Å². The molecule has 0 amide bonds. The van der Waals surface area contributed by atoms with Gasteiger partial charge in [0.2, 0.25) is 0 Å². The van der Waals surface area contributed by atoms with Crippen molar-refractivity contribution in [3.8, 4) is 6.07 Å². The van der Waals surface area contributed by atoms with E-state index >= 15 is 0 Å². The molecule has 0 saturated heterocycles. The Hall–Kier alpha value is -2.06. The number of nitriles is 1. The minimum Gasteiger partial charge on any atom is -0.299 e. The molecule has 5 aliphatic rings. The van der Waals surface area contributed by atoms with Crippen LogP contribution in [-0.4, -0.2) is 21.5 Å². The Morgan fingerprint density at radius 1 is 0.881 bits per heavy atom. The first kappa shape index (κ1) is 30.0. The molecule has 1 aromatic carbocycles. The predicted molar refractivity (Wildman–Crippen MR) is 167 cm³/mol. The summed E-state index contributed by atoms with van der Waals surface area (Å²) < 4.78 is 13.8. The first-order valence-corrected chi connectivity index (χ1v) is 17.5. The fourth-order valence-electron chi connectivity index (χ4n) is 11.6. The van der Waals surface area contributed by atoms with Gasteiger partial charge in [0.25, 0.3) is 0 Å². The van der Waals surface area contributed by atoms with Crippen LogP contribution < -0.4 is 0 Å². The number of Topliss-reactive ketones (excluding diaryl/α,β-unsaturated/α-hetero) is 2. The summed E-state index contributed by atoms with van der Waals surface area (Å²) in [5.74, 6) is 1.36. The van der Waals surface area contributed by atoms with Crippen molar-refractivity contribution in [1.29, 1.82) is 5.26 Å². The highest BCUT2D eigenvalue weighted by Crippen LogP contribution is 2.75. The third kappa shape index (κ3) is 3.99. The third-order valence-electron chi connectivity index (χ3n) is 14.1. The van der Waals surface area contributed by atoms with Gasteiger partial charge in [0.15, 0.2) is 5.78 Å². The van der Waals surface area contributed by atoms with Crippen LogP contribution in [0.5, 0.6) is 0 Å². The van der Waals surface area contributed by atoms with E-state index in [2.05, 4.69) is 40.7 Å². The van der Waals surface area contributed by atoms with Crippen LogP contribution >= 0.6 is 0 Å². The van der Waals surface area contributed by atoms with Gasteiger partial charge >= 0.3 is 0 Å². The van der Waals surface area contributed by atoms with E-state index in [-0.39, 0.29) is 62.1 Å². The van der Waals surface area contributed by atoms with Crippen LogP contribution in [-0.2, 0) is 20.4 Å². The highest BCUT2D eigenvalue weighted by atomic mass is 32.2. The highest BCUT2D eigenvalue weighted by Gasteiger charge is 2.72. The zero-order valence-electron chi connectivity index (χ0n) is 26.7. The largest absolute Gasteiger partial charge is 0.299 e. The van der Waals surface area contributed by atoms with E-state index in [9.17, 15) is 19.1 Å². The number of nitrogens with zero attached hydrogens (tertiary/aromatic N) is 1. The Kier molecular flexibility index (Phi) is 6.76. The van der Waals surface area contributed by atoms with Crippen LogP contribution in [0.3, 0.4) is 0 Å². The van der Waals surface area contributed by atoms with Crippen molar-refractivity contribution in [3.05, 3.63) is 42.0 Å². The molecule has 4 fully saturated rings. The quantitative estimate of drug-likeness (QED) is 0.358.